The third-order valence-corrected chi connectivity index (χ3v) is 14.0. The SMILES string of the molecule is CNC(=O)c1cccc(NC(=O)c2nn(C)c3ccc(-c4ccc(N5CCCC5=O)cc4-c4ccc(C5CCN(CCc6ccc7c(c6)n(C)c(=O)n7C6CCC(=O)NC6=O)CC5)nc4)c(F)c23)c1. The highest BCUT2D eigenvalue weighted by atomic mass is 19.1. The molecule has 3 aromatic heterocycles. The van der Waals surface area contributed by atoms with E-state index in [0.29, 0.717) is 52.1 Å². The topological polar surface area (TPSA) is 186 Å². The molecule has 17 heteroatoms. The quantitative estimate of drug-likeness (QED) is 0.127. The van der Waals surface area contributed by atoms with Crippen molar-refractivity contribution in [1.29, 1.82) is 0 Å². The number of carbonyl (C=O) groups is 5. The average molecular weight is 931 g/mol. The molecular formula is C52H51FN10O6. The zero-order valence-corrected chi connectivity index (χ0v) is 38.6. The Hall–Kier alpha value is -7.79. The van der Waals surface area contributed by atoms with E-state index >= 15 is 4.39 Å². The minimum absolute atomic E-state index is 0.0303. The summed E-state index contributed by atoms with van der Waals surface area (Å²) in [7, 11) is 4.87. The number of rotatable bonds is 11. The van der Waals surface area contributed by atoms with Crippen molar-refractivity contribution in [3.05, 3.63) is 130 Å². The second-order valence-electron chi connectivity index (χ2n) is 18.1. The summed E-state index contributed by atoms with van der Waals surface area (Å²) >= 11 is 0. The van der Waals surface area contributed by atoms with Crippen LogP contribution >= 0.6 is 0 Å². The number of hydrogen-bond donors (Lipinski definition) is 3. The zero-order valence-electron chi connectivity index (χ0n) is 38.6. The lowest BCUT2D eigenvalue weighted by Gasteiger charge is -2.31. The number of anilines is 2. The van der Waals surface area contributed by atoms with Gasteiger partial charge in [-0.2, -0.15) is 5.10 Å². The normalized spacial score (nSPS) is 17.0. The number of halogens is 1. The first-order valence-corrected chi connectivity index (χ1v) is 23.3. The van der Waals surface area contributed by atoms with Crippen LogP contribution in [0.5, 0.6) is 0 Å². The first-order valence-electron chi connectivity index (χ1n) is 23.3. The second-order valence-corrected chi connectivity index (χ2v) is 18.1. The Morgan fingerprint density at radius 1 is 0.812 bits per heavy atom. The van der Waals surface area contributed by atoms with Crippen LogP contribution in [0, 0.1) is 5.82 Å². The summed E-state index contributed by atoms with van der Waals surface area (Å²) in [6.45, 7) is 3.20. The number of amides is 5. The molecule has 352 valence electrons. The Kier molecular flexibility index (Phi) is 12.0. The number of nitrogens with zero attached hydrogens (tertiary/aromatic N) is 7. The Morgan fingerprint density at radius 3 is 2.35 bits per heavy atom. The number of aryl methyl sites for hydroxylation is 2. The van der Waals surface area contributed by atoms with Crippen molar-refractivity contribution in [3.63, 3.8) is 0 Å². The molecule has 0 spiro atoms. The smallest absolute Gasteiger partial charge is 0.329 e. The summed E-state index contributed by atoms with van der Waals surface area (Å²) in [4.78, 5) is 85.8. The van der Waals surface area contributed by atoms with Gasteiger partial charge in [0.15, 0.2) is 5.69 Å². The highest BCUT2D eigenvalue weighted by Gasteiger charge is 2.32. The molecule has 3 aliphatic heterocycles. The van der Waals surface area contributed by atoms with Crippen LogP contribution in [0.15, 0.2) is 95.9 Å². The number of likely N-dealkylation sites (tertiary alicyclic amines) is 1. The Morgan fingerprint density at radius 2 is 1.61 bits per heavy atom. The van der Waals surface area contributed by atoms with Crippen LogP contribution in [0.25, 0.3) is 44.2 Å². The lowest BCUT2D eigenvalue weighted by Crippen LogP contribution is -2.44. The van der Waals surface area contributed by atoms with Gasteiger partial charge in [-0.05, 0) is 123 Å². The van der Waals surface area contributed by atoms with E-state index in [-0.39, 0.29) is 58.8 Å². The third-order valence-electron chi connectivity index (χ3n) is 14.0. The van der Waals surface area contributed by atoms with Gasteiger partial charge in [0, 0.05) is 92.9 Å². The van der Waals surface area contributed by atoms with Crippen molar-refractivity contribution < 1.29 is 28.4 Å². The highest BCUT2D eigenvalue weighted by Crippen LogP contribution is 2.40. The largest absolute Gasteiger partial charge is 0.355 e. The Bertz CT molecular complexity index is 3290. The number of aromatic nitrogens is 5. The fraction of sp³-hybridized carbons (Fsp3) is 0.308. The van der Waals surface area contributed by atoms with Crippen LogP contribution in [0.3, 0.4) is 0 Å². The molecule has 1 unspecified atom stereocenters. The van der Waals surface area contributed by atoms with Crippen LogP contribution in [0.1, 0.15) is 82.6 Å². The predicted octanol–water partition coefficient (Wildman–Crippen LogP) is 6.23. The molecule has 16 nitrogen and oxygen atoms in total. The summed E-state index contributed by atoms with van der Waals surface area (Å²) in [6, 6.07) is 24.7. The van der Waals surface area contributed by atoms with Gasteiger partial charge in [0.05, 0.1) is 21.9 Å². The molecule has 7 aromatic rings. The minimum Gasteiger partial charge on any atom is -0.355 e. The molecule has 3 saturated heterocycles. The number of carbonyl (C=O) groups excluding carboxylic acids is 5. The summed E-state index contributed by atoms with van der Waals surface area (Å²) in [5.74, 6) is -2.07. The fourth-order valence-corrected chi connectivity index (χ4v) is 10.2. The van der Waals surface area contributed by atoms with Crippen molar-refractivity contribution in [2.75, 3.05) is 43.4 Å². The molecule has 0 bridgehead atoms. The lowest BCUT2D eigenvalue weighted by atomic mass is 9.90. The monoisotopic (exact) mass is 930 g/mol. The van der Waals surface area contributed by atoms with Crippen molar-refractivity contribution in [2.24, 2.45) is 14.1 Å². The molecule has 1 atom stereocenters. The van der Waals surface area contributed by atoms with Crippen molar-refractivity contribution >= 4 is 62.8 Å². The van der Waals surface area contributed by atoms with E-state index < -0.39 is 23.7 Å². The van der Waals surface area contributed by atoms with E-state index in [2.05, 4.69) is 25.9 Å². The predicted molar refractivity (Wildman–Crippen MR) is 259 cm³/mol. The van der Waals surface area contributed by atoms with E-state index in [1.54, 1.807) is 53.9 Å². The number of benzene rings is 4. The van der Waals surface area contributed by atoms with Crippen LogP contribution in [-0.4, -0.2) is 91.6 Å². The number of imidazole rings is 1. The Labute approximate surface area is 396 Å². The van der Waals surface area contributed by atoms with Crippen LogP contribution in [0.2, 0.25) is 0 Å². The standard InChI is InChI=1S/C52H51FN10O6/c1-54-49(66)32-6-4-7-34(27-32)56-51(68)48-46-41(60(3)58-48)16-13-37(47(46)53)36-12-11-35(62-22-5-8-45(62)65)28-38(36)33-10-14-39(55-29-33)31-20-24-61(25-21-31)23-19-30-9-15-40-43(26-30)59(2)52(69)63(40)42-17-18-44(64)57-50(42)67/h4,6-7,9-16,26-29,31,42H,5,8,17-25H2,1-3H3,(H,54,66)(H,56,68)(H,57,64,67). The van der Waals surface area contributed by atoms with E-state index in [1.807, 2.05) is 54.7 Å². The van der Waals surface area contributed by atoms with Gasteiger partial charge in [-0.25, -0.2) is 9.18 Å². The van der Waals surface area contributed by atoms with Crippen molar-refractivity contribution in [3.8, 4) is 22.3 Å². The van der Waals surface area contributed by atoms with Gasteiger partial charge in [0.1, 0.15) is 11.9 Å². The van der Waals surface area contributed by atoms with Gasteiger partial charge >= 0.3 is 5.69 Å². The molecule has 6 heterocycles. The zero-order chi connectivity index (χ0) is 48.1. The second kappa shape index (κ2) is 18.4. The molecule has 0 radical (unpaired) electrons. The van der Waals surface area contributed by atoms with Crippen molar-refractivity contribution in [1.82, 2.24) is 39.4 Å². The van der Waals surface area contributed by atoms with E-state index in [0.717, 1.165) is 67.7 Å². The fourth-order valence-electron chi connectivity index (χ4n) is 10.2. The van der Waals surface area contributed by atoms with Gasteiger partial charge in [0.25, 0.3) is 11.8 Å². The average Bonchev–Trinajstić information content (AvgIpc) is 4.03. The molecule has 3 N–H and O–H groups in total. The van der Waals surface area contributed by atoms with Gasteiger partial charge in [-0.1, -0.05) is 24.3 Å². The summed E-state index contributed by atoms with van der Waals surface area (Å²) in [5.41, 5.74) is 7.18. The molecule has 3 fully saturated rings. The molecular weight excluding hydrogens is 880 g/mol. The summed E-state index contributed by atoms with van der Waals surface area (Å²) < 4.78 is 21.7. The molecule has 0 aliphatic carbocycles. The maximum Gasteiger partial charge on any atom is 0.329 e. The van der Waals surface area contributed by atoms with Gasteiger partial charge < -0.3 is 20.4 Å². The third kappa shape index (κ3) is 8.47. The van der Waals surface area contributed by atoms with Crippen molar-refractivity contribution in [2.45, 2.75) is 56.9 Å². The number of imide groups is 1. The van der Waals surface area contributed by atoms with Crippen LogP contribution in [0.4, 0.5) is 15.8 Å². The number of hydrogen-bond acceptors (Lipinski definition) is 9. The van der Waals surface area contributed by atoms with Crippen LogP contribution in [-0.2, 0) is 34.9 Å². The maximum absolute atomic E-state index is 17.2. The molecule has 69 heavy (non-hydrogen) atoms. The first-order chi connectivity index (χ1) is 33.4. The molecule has 0 saturated carbocycles. The maximum atomic E-state index is 17.2. The number of nitrogens with one attached hydrogen (secondary N) is 3. The number of fused-ring (bicyclic) bond motifs is 2. The Balaban J connectivity index is 0.866. The molecule has 4 aromatic carbocycles. The number of pyridine rings is 1. The molecule has 10 rings (SSSR count). The minimum atomic E-state index is -0.725. The van der Waals surface area contributed by atoms with Gasteiger partial charge in [-0.3, -0.25) is 48.1 Å². The van der Waals surface area contributed by atoms with Gasteiger partial charge in [0.2, 0.25) is 17.7 Å². The molecule has 5 amide bonds. The lowest BCUT2D eigenvalue weighted by molar-refractivity contribution is -0.135. The molecule has 3 aliphatic rings. The summed E-state index contributed by atoms with van der Waals surface area (Å²) in [6.07, 6.45) is 6.12. The van der Waals surface area contributed by atoms with Crippen LogP contribution < -0.4 is 26.5 Å². The van der Waals surface area contributed by atoms with E-state index in [1.165, 1.54) is 22.4 Å². The summed E-state index contributed by atoms with van der Waals surface area (Å²) in [5, 5.41) is 12.2. The first kappa shape index (κ1) is 45.0. The highest BCUT2D eigenvalue weighted by molar-refractivity contribution is 6.12. The van der Waals surface area contributed by atoms with Gasteiger partial charge in [-0.15, -0.1) is 0 Å². The van der Waals surface area contributed by atoms with E-state index in [9.17, 15) is 28.8 Å². The number of piperidine rings is 2. The van der Waals surface area contributed by atoms with E-state index in [4.69, 9.17) is 4.98 Å².